The maximum Gasteiger partial charge on any atom is 0.259 e. The average Bonchev–Trinajstić information content (AvgIpc) is 2.84. The van der Waals surface area contributed by atoms with Crippen molar-refractivity contribution in [3.05, 3.63) is 17.0 Å². The molecule has 0 bridgehead atoms. The number of nitrogens with zero attached hydrogens (tertiary/aromatic N) is 2. The predicted molar refractivity (Wildman–Crippen MR) is 81.3 cm³/mol. The van der Waals surface area contributed by atoms with Gasteiger partial charge < -0.3 is 20.5 Å². The second-order valence-electron chi connectivity index (χ2n) is 5.69. The van der Waals surface area contributed by atoms with Crippen LogP contribution in [0.1, 0.15) is 47.5 Å². The van der Waals surface area contributed by atoms with Gasteiger partial charge in [-0.1, -0.05) is 5.16 Å². The van der Waals surface area contributed by atoms with Gasteiger partial charge in [0.15, 0.2) is 0 Å². The molecule has 0 radical (unpaired) electrons. The fourth-order valence-corrected chi connectivity index (χ4v) is 2.86. The summed E-state index contributed by atoms with van der Waals surface area (Å²) >= 11 is 0. The van der Waals surface area contributed by atoms with Crippen LogP contribution in [0.25, 0.3) is 0 Å². The Morgan fingerprint density at radius 3 is 2.82 bits per heavy atom. The smallest absolute Gasteiger partial charge is 0.259 e. The number of likely N-dealkylation sites (tertiary alicyclic amines) is 1. The molecule has 2 heterocycles. The Labute approximate surface area is 130 Å². The van der Waals surface area contributed by atoms with Gasteiger partial charge in [0.25, 0.3) is 5.91 Å². The highest BCUT2D eigenvalue weighted by Crippen LogP contribution is 2.22. The van der Waals surface area contributed by atoms with E-state index in [2.05, 4.69) is 10.5 Å². The zero-order valence-corrected chi connectivity index (χ0v) is 13.2. The van der Waals surface area contributed by atoms with Crippen molar-refractivity contribution in [3.8, 4) is 0 Å². The minimum atomic E-state index is -0.0715. The fraction of sp³-hybridized carbons (Fsp3) is 0.667. The molecule has 1 fully saturated rings. The highest BCUT2D eigenvalue weighted by atomic mass is 16.5. The number of rotatable bonds is 5. The molecule has 22 heavy (non-hydrogen) atoms. The molecule has 1 saturated heterocycles. The molecule has 0 aromatic carbocycles. The summed E-state index contributed by atoms with van der Waals surface area (Å²) in [6, 6.07) is 0.0108. The molecule has 1 aliphatic heterocycles. The number of nitrogens with one attached hydrogen (secondary N) is 1. The monoisotopic (exact) mass is 308 g/mol. The van der Waals surface area contributed by atoms with E-state index >= 15 is 0 Å². The number of aromatic nitrogens is 1. The van der Waals surface area contributed by atoms with E-state index in [1.165, 1.54) is 0 Å². The maximum absolute atomic E-state index is 12.8. The van der Waals surface area contributed by atoms with Crippen LogP contribution in [0.15, 0.2) is 4.52 Å². The molecule has 7 nitrogen and oxygen atoms in total. The Morgan fingerprint density at radius 2 is 2.18 bits per heavy atom. The van der Waals surface area contributed by atoms with Gasteiger partial charge in [-0.15, -0.1) is 0 Å². The number of amides is 2. The van der Waals surface area contributed by atoms with Gasteiger partial charge in [0.1, 0.15) is 11.3 Å². The van der Waals surface area contributed by atoms with Crippen molar-refractivity contribution in [2.24, 2.45) is 5.73 Å². The van der Waals surface area contributed by atoms with Crippen LogP contribution in [-0.2, 0) is 4.79 Å². The van der Waals surface area contributed by atoms with Crippen LogP contribution in [0.4, 0.5) is 0 Å². The lowest BCUT2D eigenvalue weighted by molar-refractivity contribution is -0.121. The number of piperidine rings is 1. The maximum atomic E-state index is 12.8. The minimum absolute atomic E-state index is 0.0108. The molecule has 0 saturated carbocycles. The summed E-state index contributed by atoms with van der Waals surface area (Å²) in [5.41, 5.74) is 6.52. The molecular formula is C15H24N4O3. The van der Waals surface area contributed by atoms with Gasteiger partial charge in [-0.25, -0.2) is 0 Å². The number of carbonyl (C=O) groups excluding carboxylic acids is 2. The third-order valence-electron chi connectivity index (χ3n) is 4.04. The number of nitrogens with two attached hydrogens (primary N) is 1. The number of aryl methyl sites for hydroxylation is 2. The van der Waals surface area contributed by atoms with Crippen LogP contribution in [-0.4, -0.2) is 47.5 Å². The van der Waals surface area contributed by atoms with E-state index in [9.17, 15) is 9.59 Å². The molecule has 1 aromatic rings. The Balaban J connectivity index is 2.06. The van der Waals surface area contributed by atoms with Crippen LogP contribution in [0, 0.1) is 13.8 Å². The molecule has 3 N–H and O–H groups in total. The van der Waals surface area contributed by atoms with Crippen LogP contribution in [0.3, 0.4) is 0 Å². The van der Waals surface area contributed by atoms with Gasteiger partial charge in [-0.2, -0.15) is 0 Å². The number of hydrogen-bond acceptors (Lipinski definition) is 5. The summed E-state index contributed by atoms with van der Waals surface area (Å²) in [7, 11) is 0. The summed E-state index contributed by atoms with van der Waals surface area (Å²) in [6.07, 6.45) is 3.23. The fourth-order valence-electron chi connectivity index (χ4n) is 2.86. The molecule has 1 aliphatic rings. The van der Waals surface area contributed by atoms with Gasteiger partial charge in [0, 0.05) is 32.1 Å². The molecular weight excluding hydrogens is 284 g/mol. The highest BCUT2D eigenvalue weighted by Gasteiger charge is 2.30. The lowest BCUT2D eigenvalue weighted by atomic mass is 10.00. The molecule has 2 rings (SSSR count). The first-order valence-electron chi connectivity index (χ1n) is 7.75. The van der Waals surface area contributed by atoms with Gasteiger partial charge >= 0.3 is 0 Å². The van der Waals surface area contributed by atoms with Gasteiger partial charge in [0.2, 0.25) is 5.91 Å². The summed E-state index contributed by atoms with van der Waals surface area (Å²) in [4.78, 5) is 26.2. The van der Waals surface area contributed by atoms with Crippen LogP contribution >= 0.6 is 0 Å². The Kier molecular flexibility index (Phi) is 5.54. The summed E-state index contributed by atoms with van der Waals surface area (Å²) in [6.45, 7) is 5.01. The zero-order valence-electron chi connectivity index (χ0n) is 13.2. The van der Waals surface area contributed by atoms with E-state index < -0.39 is 0 Å². The Morgan fingerprint density at radius 1 is 1.41 bits per heavy atom. The van der Waals surface area contributed by atoms with Crippen molar-refractivity contribution in [2.75, 3.05) is 19.6 Å². The van der Waals surface area contributed by atoms with E-state index in [-0.39, 0.29) is 17.9 Å². The van der Waals surface area contributed by atoms with E-state index in [0.717, 1.165) is 19.3 Å². The molecule has 0 aliphatic carbocycles. The van der Waals surface area contributed by atoms with E-state index in [1.54, 1.807) is 13.8 Å². The molecule has 2 amide bonds. The van der Waals surface area contributed by atoms with E-state index in [0.29, 0.717) is 43.1 Å². The van der Waals surface area contributed by atoms with Crippen molar-refractivity contribution >= 4 is 11.8 Å². The summed E-state index contributed by atoms with van der Waals surface area (Å²) < 4.78 is 5.09. The number of carbonyl (C=O) groups is 2. The topological polar surface area (TPSA) is 101 Å². The molecule has 122 valence electrons. The van der Waals surface area contributed by atoms with Gasteiger partial charge in [-0.3, -0.25) is 9.59 Å². The molecule has 1 unspecified atom stereocenters. The molecule has 0 spiro atoms. The normalized spacial score (nSPS) is 18.3. The second-order valence-corrected chi connectivity index (χ2v) is 5.69. The quantitative estimate of drug-likeness (QED) is 0.836. The lowest BCUT2D eigenvalue weighted by Gasteiger charge is -2.35. The second kappa shape index (κ2) is 7.40. The first kappa shape index (κ1) is 16.5. The highest BCUT2D eigenvalue weighted by molar-refractivity contribution is 5.96. The minimum Gasteiger partial charge on any atom is -0.361 e. The van der Waals surface area contributed by atoms with Crippen LogP contribution in [0.2, 0.25) is 0 Å². The predicted octanol–water partition coefficient (Wildman–Crippen LogP) is 0.751. The van der Waals surface area contributed by atoms with Crippen LogP contribution in [0.5, 0.6) is 0 Å². The van der Waals surface area contributed by atoms with Crippen molar-refractivity contribution in [2.45, 2.75) is 45.6 Å². The third-order valence-corrected chi connectivity index (χ3v) is 4.04. The first-order valence-corrected chi connectivity index (χ1v) is 7.75. The molecule has 7 heteroatoms. The zero-order chi connectivity index (χ0) is 16.1. The van der Waals surface area contributed by atoms with E-state index in [1.807, 2.05) is 4.90 Å². The number of hydrogen-bond donors (Lipinski definition) is 2. The van der Waals surface area contributed by atoms with Gasteiger partial charge in [-0.05, 0) is 33.1 Å². The first-order chi connectivity index (χ1) is 10.5. The van der Waals surface area contributed by atoms with Crippen molar-refractivity contribution in [3.63, 3.8) is 0 Å². The largest absolute Gasteiger partial charge is 0.361 e. The summed E-state index contributed by atoms with van der Waals surface area (Å²) in [5.74, 6) is 0.408. The SMILES string of the molecule is Cc1noc(C)c1C(=O)N1CCCCC1CNC(=O)CCN. The Bertz CT molecular complexity index is 521. The van der Waals surface area contributed by atoms with Crippen molar-refractivity contribution in [1.82, 2.24) is 15.4 Å². The standard InChI is InChI=1S/C15H24N4O3/c1-10-14(11(2)22-18-10)15(21)19-8-4-3-5-12(19)9-17-13(20)6-7-16/h12H,3-9,16H2,1-2H3,(H,17,20). The summed E-state index contributed by atoms with van der Waals surface area (Å²) in [5, 5.41) is 6.71. The molecule has 1 aromatic heterocycles. The van der Waals surface area contributed by atoms with Crippen LogP contribution < -0.4 is 11.1 Å². The molecule has 1 atom stereocenters. The van der Waals surface area contributed by atoms with Crippen molar-refractivity contribution < 1.29 is 14.1 Å². The third kappa shape index (κ3) is 3.65. The average molecular weight is 308 g/mol. The lowest BCUT2D eigenvalue weighted by Crippen LogP contribution is -2.49. The van der Waals surface area contributed by atoms with Crippen molar-refractivity contribution in [1.29, 1.82) is 0 Å². The Hall–Kier alpha value is -1.89. The van der Waals surface area contributed by atoms with Gasteiger partial charge in [0.05, 0.1) is 5.69 Å². The van der Waals surface area contributed by atoms with E-state index in [4.69, 9.17) is 10.3 Å².